The van der Waals surface area contributed by atoms with E-state index in [1.807, 2.05) is 6.92 Å². The van der Waals surface area contributed by atoms with Gasteiger partial charge in [0.05, 0.1) is 12.1 Å². The predicted molar refractivity (Wildman–Crippen MR) is 57.4 cm³/mol. The van der Waals surface area contributed by atoms with Gasteiger partial charge in [-0.15, -0.1) is 0 Å². The lowest BCUT2D eigenvalue weighted by atomic mass is 10.1. The highest BCUT2D eigenvalue weighted by molar-refractivity contribution is 5.78. The number of aryl methyl sites for hydroxylation is 1. The number of oxazole rings is 1. The maximum atomic E-state index is 11.4. The molecular formula is C11H18N2O2. The Morgan fingerprint density at radius 2 is 2.33 bits per heavy atom. The predicted octanol–water partition coefficient (Wildman–Crippen LogP) is 1.69. The summed E-state index contributed by atoms with van der Waals surface area (Å²) in [6.07, 6.45) is 2.65. The summed E-state index contributed by atoms with van der Waals surface area (Å²) in [5.41, 5.74) is 0.786. The van der Waals surface area contributed by atoms with Gasteiger partial charge >= 0.3 is 0 Å². The van der Waals surface area contributed by atoms with Gasteiger partial charge in [0, 0.05) is 6.54 Å². The van der Waals surface area contributed by atoms with Crippen molar-refractivity contribution in [1.82, 2.24) is 10.3 Å². The van der Waals surface area contributed by atoms with E-state index in [2.05, 4.69) is 24.1 Å². The average molecular weight is 210 g/mol. The summed E-state index contributed by atoms with van der Waals surface area (Å²) in [7, 11) is 0. The number of carbonyl (C=O) groups excluding carboxylic acids is 1. The number of nitrogens with one attached hydrogen (secondary N) is 1. The molecule has 0 bridgehead atoms. The highest BCUT2D eigenvalue weighted by Crippen LogP contribution is 2.05. The van der Waals surface area contributed by atoms with Crippen LogP contribution in [0.2, 0.25) is 0 Å². The second kappa shape index (κ2) is 5.53. The van der Waals surface area contributed by atoms with Crippen LogP contribution in [-0.2, 0) is 11.2 Å². The molecule has 0 unspecified atom stereocenters. The standard InChI is InChI=1S/C11H18N2O2/c1-8(2)4-5-12-11(14)6-10-9(3)13-7-15-10/h7-8H,4-6H2,1-3H3,(H,12,14). The van der Waals surface area contributed by atoms with E-state index in [9.17, 15) is 4.79 Å². The third-order valence-corrected chi connectivity index (χ3v) is 2.21. The molecule has 0 saturated heterocycles. The van der Waals surface area contributed by atoms with Gasteiger partial charge < -0.3 is 9.73 Å². The van der Waals surface area contributed by atoms with Crippen LogP contribution in [0.1, 0.15) is 31.7 Å². The fourth-order valence-corrected chi connectivity index (χ4v) is 1.20. The molecule has 0 spiro atoms. The van der Waals surface area contributed by atoms with Crippen LogP contribution >= 0.6 is 0 Å². The highest BCUT2D eigenvalue weighted by atomic mass is 16.3. The summed E-state index contributed by atoms with van der Waals surface area (Å²) in [6.45, 7) is 6.82. The van der Waals surface area contributed by atoms with E-state index in [0.717, 1.165) is 18.7 Å². The second-order valence-electron chi connectivity index (χ2n) is 4.07. The van der Waals surface area contributed by atoms with Crippen LogP contribution in [0.3, 0.4) is 0 Å². The first-order valence-electron chi connectivity index (χ1n) is 5.25. The van der Waals surface area contributed by atoms with Crippen molar-refractivity contribution in [2.45, 2.75) is 33.6 Å². The van der Waals surface area contributed by atoms with Crippen molar-refractivity contribution >= 4 is 5.91 Å². The van der Waals surface area contributed by atoms with E-state index in [1.54, 1.807) is 0 Å². The third kappa shape index (κ3) is 4.14. The summed E-state index contributed by atoms with van der Waals surface area (Å²) < 4.78 is 5.09. The highest BCUT2D eigenvalue weighted by Gasteiger charge is 2.09. The van der Waals surface area contributed by atoms with Crippen LogP contribution in [0.15, 0.2) is 10.8 Å². The maximum Gasteiger partial charge on any atom is 0.227 e. The number of aromatic nitrogens is 1. The fraction of sp³-hybridized carbons (Fsp3) is 0.636. The molecule has 1 aromatic rings. The molecule has 84 valence electrons. The zero-order valence-electron chi connectivity index (χ0n) is 9.54. The van der Waals surface area contributed by atoms with Crippen LogP contribution in [0.5, 0.6) is 0 Å². The first kappa shape index (κ1) is 11.8. The van der Waals surface area contributed by atoms with E-state index in [-0.39, 0.29) is 12.3 Å². The third-order valence-electron chi connectivity index (χ3n) is 2.21. The number of rotatable bonds is 5. The number of nitrogens with zero attached hydrogens (tertiary/aromatic N) is 1. The number of hydrogen-bond acceptors (Lipinski definition) is 3. The molecule has 4 heteroatoms. The molecule has 0 radical (unpaired) electrons. The van der Waals surface area contributed by atoms with Crippen molar-refractivity contribution < 1.29 is 9.21 Å². The zero-order valence-corrected chi connectivity index (χ0v) is 9.54. The molecule has 0 atom stereocenters. The minimum Gasteiger partial charge on any atom is -0.448 e. The monoisotopic (exact) mass is 210 g/mol. The van der Waals surface area contributed by atoms with Gasteiger partial charge in [0.1, 0.15) is 5.76 Å². The molecule has 1 heterocycles. The SMILES string of the molecule is Cc1ncoc1CC(=O)NCCC(C)C. The molecule has 1 aromatic heterocycles. The normalized spacial score (nSPS) is 10.7. The van der Waals surface area contributed by atoms with Gasteiger partial charge in [-0.25, -0.2) is 4.98 Å². The van der Waals surface area contributed by atoms with Gasteiger partial charge in [-0.3, -0.25) is 4.79 Å². The molecule has 15 heavy (non-hydrogen) atoms. The summed E-state index contributed by atoms with van der Waals surface area (Å²) >= 11 is 0. The quantitative estimate of drug-likeness (QED) is 0.804. The van der Waals surface area contributed by atoms with Crippen molar-refractivity contribution in [2.24, 2.45) is 5.92 Å². The van der Waals surface area contributed by atoms with Gasteiger partial charge in [-0.1, -0.05) is 13.8 Å². The van der Waals surface area contributed by atoms with Crippen molar-refractivity contribution in [1.29, 1.82) is 0 Å². The van der Waals surface area contributed by atoms with Gasteiger partial charge in [-0.2, -0.15) is 0 Å². The molecule has 4 nitrogen and oxygen atoms in total. The Labute approximate surface area is 90.1 Å². The molecule has 1 N–H and O–H groups in total. The Kier molecular flexibility index (Phi) is 4.34. The molecule has 0 aromatic carbocycles. The molecule has 0 fully saturated rings. The maximum absolute atomic E-state index is 11.4. The molecule has 0 aliphatic heterocycles. The lowest BCUT2D eigenvalue weighted by Gasteiger charge is -2.06. The average Bonchev–Trinajstić information content (AvgIpc) is 2.51. The van der Waals surface area contributed by atoms with Crippen molar-refractivity contribution in [3.05, 3.63) is 17.8 Å². The van der Waals surface area contributed by atoms with E-state index in [4.69, 9.17) is 4.42 Å². The van der Waals surface area contributed by atoms with Crippen LogP contribution in [-0.4, -0.2) is 17.4 Å². The fourth-order valence-electron chi connectivity index (χ4n) is 1.20. The van der Waals surface area contributed by atoms with Gasteiger partial charge in [-0.05, 0) is 19.3 Å². The Hall–Kier alpha value is -1.32. The van der Waals surface area contributed by atoms with Gasteiger partial charge in [0.2, 0.25) is 5.91 Å². The van der Waals surface area contributed by atoms with E-state index in [0.29, 0.717) is 11.7 Å². The summed E-state index contributed by atoms with van der Waals surface area (Å²) in [4.78, 5) is 15.4. The molecule has 0 aliphatic carbocycles. The molecule has 1 rings (SSSR count). The molecule has 0 saturated carbocycles. The Balaban J connectivity index is 2.28. The lowest BCUT2D eigenvalue weighted by molar-refractivity contribution is -0.120. The van der Waals surface area contributed by atoms with Crippen molar-refractivity contribution in [3.63, 3.8) is 0 Å². The summed E-state index contributed by atoms with van der Waals surface area (Å²) in [5, 5.41) is 2.85. The number of amides is 1. The van der Waals surface area contributed by atoms with Crippen LogP contribution < -0.4 is 5.32 Å². The minimum absolute atomic E-state index is 0.00417. The summed E-state index contributed by atoms with van der Waals surface area (Å²) in [6, 6.07) is 0. The summed E-state index contributed by atoms with van der Waals surface area (Å²) in [5.74, 6) is 1.25. The van der Waals surface area contributed by atoms with Crippen molar-refractivity contribution in [3.8, 4) is 0 Å². The molecule has 1 amide bonds. The second-order valence-corrected chi connectivity index (χ2v) is 4.07. The molecule has 0 aliphatic rings. The zero-order chi connectivity index (χ0) is 11.3. The molecular weight excluding hydrogens is 192 g/mol. The minimum atomic E-state index is -0.00417. The number of carbonyl (C=O) groups is 1. The van der Waals surface area contributed by atoms with Crippen LogP contribution in [0.25, 0.3) is 0 Å². The van der Waals surface area contributed by atoms with E-state index in [1.165, 1.54) is 6.39 Å². The Bertz CT molecular complexity index is 318. The van der Waals surface area contributed by atoms with E-state index >= 15 is 0 Å². The van der Waals surface area contributed by atoms with E-state index < -0.39 is 0 Å². The number of hydrogen-bond donors (Lipinski definition) is 1. The van der Waals surface area contributed by atoms with Gasteiger partial charge in [0.15, 0.2) is 6.39 Å². The lowest BCUT2D eigenvalue weighted by Crippen LogP contribution is -2.26. The first-order chi connectivity index (χ1) is 7.09. The van der Waals surface area contributed by atoms with Crippen molar-refractivity contribution in [2.75, 3.05) is 6.54 Å². The topological polar surface area (TPSA) is 55.1 Å². The Morgan fingerprint density at radius 1 is 1.60 bits per heavy atom. The van der Waals surface area contributed by atoms with Crippen LogP contribution in [0.4, 0.5) is 0 Å². The van der Waals surface area contributed by atoms with Crippen LogP contribution in [0, 0.1) is 12.8 Å². The Morgan fingerprint density at radius 3 is 2.87 bits per heavy atom. The van der Waals surface area contributed by atoms with Gasteiger partial charge in [0.25, 0.3) is 0 Å². The largest absolute Gasteiger partial charge is 0.448 e. The first-order valence-corrected chi connectivity index (χ1v) is 5.25. The smallest absolute Gasteiger partial charge is 0.227 e.